The maximum absolute atomic E-state index is 3.47. The SMILES string of the molecule is Cc1ccc([C@@H](CC2CC2)N2CCNCC2)c(C)c1.Cl.Cl. The second-order valence-corrected chi connectivity index (χ2v) is 6.34. The lowest BCUT2D eigenvalue weighted by molar-refractivity contribution is 0.160. The summed E-state index contributed by atoms with van der Waals surface area (Å²) in [5.41, 5.74) is 4.43. The molecule has 3 rings (SSSR count). The number of rotatable bonds is 4. The van der Waals surface area contributed by atoms with Crippen LogP contribution < -0.4 is 5.32 Å². The first kappa shape index (κ1) is 18.8. The molecule has 2 fully saturated rings. The highest BCUT2D eigenvalue weighted by molar-refractivity contribution is 5.85. The van der Waals surface area contributed by atoms with E-state index in [0.717, 1.165) is 19.0 Å². The van der Waals surface area contributed by atoms with E-state index in [2.05, 4.69) is 42.3 Å². The average molecular weight is 331 g/mol. The van der Waals surface area contributed by atoms with E-state index in [-0.39, 0.29) is 24.8 Å². The molecule has 1 saturated heterocycles. The fourth-order valence-electron chi connectivity index (χ4n) is 3.34. The van der Waals surface area contributed by atoms with Gasteiger partial charge < -0.3 is 5.32 Å². The van der Waals surface area contributed by atoms with E-state index in [4.69, 9.17) is 0 Å². The van der Waals surface area contributed by atoms with E-state index in [0.29, 0.717) is 6.04 Å². The molecule has 120 valence electrons. The van der Waals surface area contributed by atoms with Gasteiger partial charge in [-0.25, -0.2) is 0 Å². The largest absolute Gasteiger partial charge is 0.314 e. The van der Waals surface area contributed by atoms with E-state index in [1.807, 2.05) is 0 Å². The summed E-state index contributed by atoms with van der Waals surface area (Å²) in [7, 11) is 0. The molecule has 2 aliphatic rings. The molecule has 1 N–H and O–H groups in total. The van der Waals surface area contributed by atoms with Gasteiger partial charge in [0.15, 0.2) is 0 Å². The van der Waals surface area contributed by atoms with Crippen LogP contribution in [0, 0.1) is 19.8 Å². The van der Waals surface area contributed by atoms with E-state index in [1.54, 1.807) is 5.56 Å². The molecule has 0 bridgehead atoms. The highest BCUT2D eigenvalue weighted by Crippen LogP contribution is 2.40. The molecule has 0 radical (unpaired) electrons. The van der Waals surface area contributed by atoms with Crippen molar-refractivity contribution in [3.8, 4) is 0 Å². The number of nitrogens with one attached hydrogen (secondary N) is 1. The quantitative estimate of drug-likeness (QED) is 0.900. The predicted octanol–water partition coefficient (Wildman–Crippen LogP) is 3.89. The van der Waals surface area contributed by atoms with Crippen LogP contribution in [0.4, 0.5) is 0 Å². The van der Waals surface area contributed by atoms with Gasteiger partial charge in [0.25, 0.3) is 0 Å². The molecule has 0 aromatic heterocycles. The smallest absolute Gasteiger partial charge is 0.0354 e. The van der Waals surface area contributed by atoms with Crippen molar-refractivity contribution in [2.24, 2.45) is 5.92 Å². The Balaban J connectivity index is 0.00000110. The lowest BCUT2D eigenvalue weighted by atomic mass is 9.93. The van der Waals surface area contributed by atoms with Crippen molar-refractivity contribution in [2.75, 3.05) is 26.2 Å². The minimum Gasteiger partial charge on any atom is -0.314 e. The summed E-state index contributed by atoms with van der Waals surface area (Å²) in [6.07, 6.45) is 4.27. The Morgan fingerprint density at radius 3 is 2.38 bits per heavy atom. The van der Waals surface area contributed by atoms with Gasteiger partial charge in [0.2, 0.25) is 0 Å². The molecule has 1 atom stereocenters. The van der Waals surface area contributed by atoms with Crippen molar-refractivity contribution in [3.05, 3.63) is 34.9 Å². The number of halogens is 2. The standard InChI is InChI=1S/C17H26N2.2ClH/c1-13-3-6-16(14(2)11-13)17(12-15-4-5-15)19-9-7-18-8-10-19;;/h3,6,11,15,17-18H,4-5,7-10,12H2,1-2H3;2*1H/t17-;;/m1../s1. The lowest BCUT2D eigenvalue weighted by Gasteiger charge is -2.36. The first-order valence-electron chi connectivity index (χ1n) is 7.76. The molecule has 1 aliphatic carbocycles. The zero-order valence-corrected chi connectivity index (χ0v) is 14.7. The summed E-state index contributed by atoms with van der Waals surface area (Å²) in [6.45, 7) is 9.16. The van der Waals surface area contributed by atoms with E-state index in [9.17, 15) is 0 Å². The van der Waals surface area contributed by atoms with Crippen molar-refractivity contribution >= 4 is 24.8 Å². The Morgan fingerprint density at radius 2 is 1.81 bits per heavy atom. The summed E-state index contributed by atoms with van der Waals surface area (Å²) in [6, 6.07) is 7.65. The molecule has 1 aromatic carbocycles. The highest BCUT2D eigenvalue weighted by Gasteiger charge is 2.30. The number of hydrogen-bond acceptors (Lipinski definition) is 2. The minimum absolute atomic E-state index is 0. The minimum atomic E-state index is 0. The van der Waals surface area contributed by atoms with Gasteiger partial charge in [0, 0.05) is 32.2 Å². The van der Waals surface area contributed by atoms with Crippen LogP contribution in [0.15, 0.2) is 18.2 Å². The van der Waals surface area contributed by atoms with Gasteiger partial charge in [-0.2, -0.15) is 0 Å². The van der Waals surface area contributed by atoms with Crippen molar-refractivity contribution in [2.45, 2.75) is 39.2 Å². The van der Waals surface area contributed by atoms with Crippen LogP contribution in [0.1, 0.15) is 42.0 Å². The zero-order valence-electron chi connectivity index (χ0n) is 13.1. The maximum atomic E-state index is 3.47. The molecule has 1 heterocycles. The molecule has 21 heavy (non-hydrogen) atoms. The third-order valence-electron chi connectivity index (χ3n) is 4.63. The number of benzene rings is 1. The van der Waals surface area contributed by atoms with Crippen LogP contribution in [0.2, 0.25) is 0 Å². The van der Waals surface area contributed by atoms with Crippen molar-refractivity contribution in [1.82, 2.24) is 10.2 Å². The summed E-state index contributed by atoms with van der Waals surface area (Å²) in [5.74, 6) is 0.987. The van der Waals surface area contributed by atoms with Gasteiger partial charge in [0.05, 0.1) is 0 Å². The Labute approximate surface area is 141 Å². The molecular formula is C17H28Cl2N2. The van der Waals surface area contributed by atoms with E-state index in [1.165, 1.54) is 43.5 Å². The molecule has 2 nitrogen and oxygen atoms in total. The lowest BCUT2D eigenvalue weighted by Crippen LogP contribution is -2.45. The van der Waals surface area contributed by atoms with Crippen LogP contribution in [0.5, 0.6) is 0 Å². The van der Waals surface area contributed by atoms with Crippen molar-refractivity contribution < 1.29 is 0 Å². The monoisotopic (exact) mass is 330 g/mol. The molecule has 0 amide bonds. The first-order valence-corrected chi connectivity index (χ1v) is 7.76. The highest BCUT2D eigenvalue weighted by atomic mass is 35.5. The number of aryl methyl sites for hydroxylation is 2. The number of nitrogens with zero attached hydrogens (tertiary/aromatic N) is 1. The molecule has 1 aliphatic heterocycles. The fraction of sp³-hybridized carbons (Fsp3) is 0.647. The third kappa shape index (κ3) is 4.85. The topological polar surface area (TPSA) is 15.3 Å². The third-order valence-corrected chi connectivity index (χ3v) is 4.63. The molecule has 4 heteroatoms. The van der Waals surface area contributed by atoms with Gasteiger partial charge in [-0.3, -0.25) is 4.90 Å². The number of hydrogen-bond donors (Lipinski definition) is 1. The normalized spacial score (nSPS) is 20.3. The average Bonchev–Trinajstić information content (AvgIpc) is 3.22. The van der Waals surface area contributed by atoms with Gasteiger partial charge >= 0.3 is 0 Å². The Morgan fingerprint density at radius 1 is 1.14 bits per heavy atom. The fourth-order valence-corrected chi connectivity index (χ4v) is 3.34. The van der Waals surface area contributed by atoms with Gasteiger partial charge in [-0.15, -0.1) is 24.8 Å². The summed E-state index contributed by atoms with van der Waals surface area (Å²) in [4.78, 5) is 2.70. The Kier molecular flexibility index (Phi) is 7.49. The Bertz CT molecular complexity index is 440. The molecule has 0 unspecified atom stereocenters. The zero-order chi connectivity index (χ0) is 13.2. The van der Waals surface area contributed by atoms with Crippen LogP contribution >= 0.6 is 24.8 Å². The molecule has 0 spiro atoms. The van der Waals surface area contributed by atoms with Crippen LogP contribution in [-0.4, -0.2) is 31.1 Å². The second kappa shape index (κ2) is 8.38. The van der Waals surface area contributed by atoms with Gasteiger partial charge in [-0.05, 0) is 37.3 Å². The van der Waals surface area contributed by atoms with E-state index < -0.39 is 0 Å². The van der Waals surface area contributed by atoms with Crippen LogP contribution in [0.3, 0.4) is 0 Å². The summed E-state index contributed by atoms with van der Waals surface area (Å²) in [5, 5.41) is 3.47. The predicted molar refractivity (Wildman–Crippen MR) is 94.9 cm³/mol. The van der Waals surface area contributed by atoms with Crippen LogP contribution in [0.25, 0.3) is 0 Å². The van der Waals surface area contributed by atoms with Crippen molar-refractivity contribution in [3.63, 3.8) is 0 Å². The molecule has 1 saturated carbocycles. The summed E-state index contributed by atoms with van der Waals surface area (Å²) >= 11 is 0. The summed E-state index contributed by atoms with van der Waals surface area (Å²) < 4.78 is 0. The molecule has 1 aromatic rings. The second-order valence-electron chi connectivity index (χ2n) is 6.34. The van der Waals surface area contributed by atoms with Crippen molar-refractivity contribution in [1.29, 1.82) is 0 Å². The first-order chi connectivity index (χ1) is 9.24. The van der Waals surface area contributed by atoms with Gasteiger partial charge in [0.1, 0.15) is 0 Å². The Hall–Kier alpha value is -0.280. The molecular weight excluding hydrogens is 303 g/mol. The van der Waals surface area contributed by atoms with E-state index >= 15 is 0 Å². The van der Waals surface area contributed by atoms with Crippen LogP contribution in [-0.2, 0) is 0 Å². The van der Waals surface area contributed by atoms with Gasteiger partial charge in [-0.1, -0.05) is 36.6 Å². The number of piperazine rings is 1. The maximum Gasteiger partial charge on any atom is 0.0354 e.